The van der Waals surface area contributed by atoms with E-state index in [1.54, 1.807) is 11.3 Å². The normalized spacial score (nSPS) is 17.7. The van der Waals surface area contributed by atoms with Gasteiger partial charge in [0.15, 0.2) is 0 Å². The van der Waals surface area contributed by atoms with Crippen LogP contribution in [0.15, 0.2) is 42.7 Å². The fourth-order valence-corrected chi connectivity index (χ4v) is 4.82. The summed E-state index contributed by atoms with van der Waals surface area (Å²) in [6.45, 7) is 3.51. The molecule has 3 aromatic rings. The average Bonchev–Trinajstić information content (AvgIpc) is 3.32. The first-order chi connectivity index (χ1) is 13.1. The lowest BCUT2D eigenvalue weighted by Gasteiger charge is -2.32. The number of aromatic nitrogens is 2. The second-order valence-corrected chi connectivity index (χ2v) is 8.60. The number of hydrogen-bond donors (Lipinski definition) is 0. The van der Waals surface area contributed by atoms with E-state index >= 15 is 0 Å². The Hall–Kier alpha value is -2.18. The first-order valence-electron chi connectivity index (χ1n) is 9.55. The van der Waals surface area contributed by atoms with E-state index in [1.165, 1.54) is 4.70 Å². The molecular formula is C21H26N4OS. The van der Waals surface area contributed by atoms with E-state index in [4.69, 9.17) is 0 Å². The third-order valence-electron chi connectivity index (χ3n) is 5.25. The van der Waals surface area contributed by atoms with Crippen LogP contribution in [0.5, 0.6) is 0 Å². The highest BCUT2D eigenvalue weighted by atomic mass is 32.1. The Morgan fingerprint density at radius 3 is 3.00 bits per heavy atom. The van der Waals surface area contributed by atoms with Crippen LogP contribution in [0.3, 0.4) is 0 Å². The van der Waals surface area contributed by atoms with E-state index in [9.17, 15) is 4.79 Å². The van der Waals surface area contributed by atoms with Crippen LogP contribution in [-0.2, 0) is 6.54 Å². The maximum absolute atomic E-state index is 13.1. The van der Waals surface area contributed by atoms with Crippen LogP contribution < -0.4 is 0 Å². The van der Waals surface area contributed by atoms with Gasteiger partial charge in [-0.05, 0) is 44.5 Å². The number of nitrogens with zero attached hydrogens (tertiary/aromatic N) is 4. The summed E-state index contributed by atoms with van der Waals surface area (Å²) in [6, 6.07) is 10.2. The molecule has 0 spiro atoms. The number of imidazole rings is 1. The Kier molecular flexibility index (Phi) is 5.27. The quantitative estimate of drug-likeness (QED) is 0.676. The van der Waals surface area contributed by atoms with Gasteiger partial charge in [-0.1, -0.05) is 18.2 Å². The molecule has 5 nitrogen and oxygen atoms in total. The van der Waals surface area contributed by atoms with E-state index < -0.39 is 0 Å². The molecule has 6 heteroatoms. The number of likely N-dealkylation sites (N-methyl/N-ethyl adjacent to an activating group) is 1. The van der Waals surface area contributed by atoms with Crippen LogP contribution in [0.1, 0.15) is 34.3 Å². The molecule has 0 bridgehead atoms. The second kappa shape index (κ2) is 7.82. The molecule has 1 aliphatic heterocycles. The molecule has 1 aliphatic rings. The molecule has 0 N–H and O–H groups in total. The molecule has 142 valence electrons. The van der Waals surface area contributed by atoms with Gasteiger partial charge >= 0.3 is 0 Å². The van der Waals surface area contributed by atoms with Gasteiger partial charge in [-0.3, -0.25) is 4.79 Å². The van der Waals surface area contributed by atoms with Gasteiger partial charge < -0.3 is 14.4 Å². The van der Waals surface area contributed by atoms with Gasteiger partial charge in [0.25, 0.3) is 5.91 Å². The zero-order valence-electron chi connectivity index (χ0n) is 16.0. The fraction of sp³-hybridized carbons (Fsp3) is 0.429. The van der Waals surface area contributed by atoms with Crippen molar-refractivity contribution in [2.24, 2.45) is 0 Å². The number of fused-ring (bicyclic) bond motifs is 1. The maximum Gasteiger partial charge on any atom is 0.263 e. The molecule has 1 fully saturated rings. The Morgan fingerprint density at radius 2 is 2.19 bits per heavy atom. The molecule has 2 aromatic heterocycles. The Morgan fingerprint density at radius 1 is 1.33 bits per heavy atom. The third kappa shape index (κ3) is 3.92. The highest BCUT2D eigenvalue weighted by Crippen LogP contribution is 2.30. The third-order valence-corrected chi connectivity index (χ3v) is 6.35. The van der Waals surface area contributed by atoms with Crippen molar-refractivity contribution in [3.8, 4) is 0 Å². The summed E-state index contributed by atoms with van der Waals surface area (Å²) in [5.41, 5.74) is 0. The number of benzene rings is 1. The van der Waals surface area contributed by atoms with Crippen molar-refractivity contribution in [1.29, 1.82) is 0 Å². The molecule has 3 heterocycles. The average molecular weight is 383 g/mol. The number of thiophene rings is 1. The van der Waals surface area contributed by atoms with Crippen molar-refractivity contribution >= 4 is 27.3 Å². The minimum absolute atomic E-state index is 0.160. The molecule has 0 radical (unpaired) electrons. The van der Waals surface area contributed by atoms with E-state index in [1.807, 2.05) is 29.3 Å². The van der Waals surface area contributed by atoms with Crippen molar-refractivity contribution in [3.63, 3.8) is 0 Å². The van der Waals surface area contributed by atoms with Crippen molar-refractivity contribution in [3.05, 3.63) is 53.4 Å². The monoisotopic (exact) mass is 382 g/mol. The summed E-state index contributed by atoms with van der Waals surface area (Å²) in [5, 5.41) is 1.15. The van der Waals surface area contributed by atoms with Crippen LogP contribution in [0, 0.1) is 0 Å². The zero-order valence-corrected chi connectivity index (χ0v) is 16.8. The highest BCUT2D eigenvalue weighted by molar-refractivity contribution is 7.20. The number of likely N-dealkylation sites (tertiary alicyclic amines) is 1. The van der Waals surface area contributed by atoms with Crippen LogP contribution in [0.2, 0.25) is 0 Å². The van der Waals surface area contributed by atoms with Crippen molar-refractivity contribution in [2.45, 2.75) is 25.3 Å². The molecule has 1 atom stereocenters. The molecule has 4 rings (SSSR count). The number of amides is 1. The van der Waals surface area contributed by atoms with Gasteiger partial charge in [-0.25, -0.2) is 4.98 Å². The predicted molar refractivity (Wildman–Crippen MR) is 110 cm³/mol. The van der Waals surface area contributed by atoms with Gasteiger partial charge in [0.05, 0.1) is 4.88 Å². The first-order valence-corrected chi connectivity index (χ1v) is 10.4. The molecule has 1 saturated heterocycles. The smallest absolute Gasteiger partial charge is 0.263 e. The maximum atomic E-state index is 13.1. The van der Waals surface area contributed by atoms with Crippen LogP contribution >= 0.6 is 11.3 Å². The Balaban J connectivity index is 1.49. The lowest BCUT2D eigenvalue weighted by atomic mass is 9.97. The molecule has 27 heavy (non-hydrogen) atoms. The van der Waals surface area contributed by atoms with E-state index in [0.29, 0.717) is 5.92 Å². The number of carbonyl (C=O) groups excluding carboxylic acids is 1. The number of hydrogen-bond acceptors (Lipinski definition) is 4. The SMILES string of the molecule is CN(C)CCn1ccnc1[C@H]1CCCN(C(=O)c2cc3ccccc3s2)C1. The summed E-state index contributed by atoms with van der Waals surface area (Å²) >= 11 is 1.59. The molecule has 1 amide bonds. The topological polar surface area (TPSA) is 41.4 Å². The summed E-state index contributed by atoms with van der Waals surface area (Å²) in [7, 11) is 4.17. The van der Waals surface area contributed by atoms with Gasteiger partial charge in [0.2, 0.25) is 0 Å². The minimum Gasteiger partial charge on any atom is -0.337 e. The van der Waals surface area contributed by atoms with Gasteiger partial charge in [-0.15, -0.1) is 11.3 Å². The first kappa shape index (κ1) is 18.2. The lowest BCUT2D eigenvalue weighted by molar-refractivity contribution is 0.0708. The van der Waals surface area contributed by atoms with Crippen LogP contribution in [-0.4, -0.2) is 59.0 Å². The predicted octanol–water partition coefficient (Wildman–Crippen LogP) is 3.68. The Bertz CT molecular complexity index is 896. The van der Waals surface area contributed by atoms with Crippen LogP contribution in [0.25, 0.3) is 10.1 Å². The molecule has 0 aliphatic carbocycles. The molecular weight excluding hydrogens is 356 g/mol. The van der Waals surface area contributed by atoms with E-state index in [-0.39, 0.29) is 5.91 Å². The van der Waals surface area contributed by atoms with Crippen molar-refractivity contribution in [1.82, 2.24) is 19.4 Å². The van der Waals surface area contributed by atoms with Crippen molar-refractivity contribution in [2.75, 3.05) is 33.7 Å². The largest absolute Gasteiger partial charge is 0.337 e. The number of piperidine rings is 1. The molecule has 1 aromatic carbocycles. The van der Waals surface area contributed by atoms with E-state index in [0.717, 1.165) is 55.1 Å². The second-order valence-electron chi connectivity index (χ2n) is 7.52. The highest BCUT2D eigenvalue weighted by Gasteiger charge is 2.28. The standard InChI is InChI=1S/C21H26N4OS/c1-23(2)12-13-24-11-9-22-20(24)17-7-5-10-25(15-17)21(26)19-14-16-6-3-4-8-18(16)27-19/h3-4,6,8-9,11,14,17H,5,7,10,12-13,15H2,1-2H3/t17-/m0/s1. The summed E-state index contributed by atoms with van der Waals surface area (Å²) in [6.07, 6.45) is 6.07. The van der Waals surface area contributed by atoms with Gasteiger partial charge in [0.1, 0.15) is 5.82 Å². The van der Waals surface area contributed by atoms with Gasteiger partial charge in [0, 0.05) is 49.2 Å². The lowest BCUT2D eigenvalue weighted by Crippen LogP contribution is -2.39. The summed E-state index contributed by atoms with van der Waals surface area (Å²) in [4.78, 5) is 22.8. The zero-order chi connectivity index (χ0) is 18.8. The van der Waals surface area contributed by atoms with E-state index in [2.05, 4.69) is 46.9 Å². The molecule has 0 saturated carbocycles. The van der Waals surface area contributed by atoms with Crippen LogP contribution in [0.4, 0.5) is 0 Å². The number of carbonyl (C=O) groups is 1. The van der Waals surface area contributed by atoms with Gasteiger partial charge in [-0.2, -0.15) is 0 Å². The minimum atomic E-state index is 0.160. The summed E-state index contributed by atoms with van der Waals surface area (Å²) in [5.74, 6) is 1.59. The van der Waals surface area contributed by atoms with Crippen molar-refractivity contribution < 1.29 is 4.79 Å². The fourth-order valence-electron chi connectivity index (χ4n) is 3.79. The summed E-state index contributed by atoms with van der Waals surface area (Å²) < 4.78 is 3.42. The molecule has 0 unspecified atom stereocenters. The number of rotatable bonds is 5. The Labute approximate surface area is 164 Å².